The number of hydrogen-bond acceptors (Lipinski definition) is 4. The van der Waals surface area contributed by atoms with Crippen LogP contribution in [-0.2, 0) is 17.9 Å². The quantitative estimate of drug-likeness (QED) is 0.780. The summed E-state index contributed by atoms with van der Waals surface area (Å²) in [4.78, 5) is 30.4. The van der Waals surface area contributed by atoms with Crippen LogP contribution in [0.4, 0.5) is 0 Å². The second-order valence-corrected chi connectivity index (χ2v) is 8.44. The zero-order valence-electron chi connectivity index (χ0n) is 17.2. The molecule has 2 N–H and O–H groups in total. The number of ketones is 1. The molecule has 3 rings (SSSR count). The smallest absolute Gasteiger partial charge is 0.223 e. The number of nitrogens with zero attached hydrogens (tertiary/aromatic N) is 2. The lowest BCUT2D eigenvalue weighted by atomic mass is 9.77. The Kier molecular flexibility index (Phi) is 5.98. The molecule has 0 unspecified atom stereocenters. The van der Waals surface area contributed by atoms with Gasteiger partial charge in [0, 0.05) is 32.1 Å². The van der Waals surface area contributed by atoms with Crippen molar-refractivity contribution in [2.75, 3.05) is 13.6 Å². The van der Waals surface area contributed by atoms with E-state index in [2.05, 4.69) is 15.2 Å². The van der Waals surface area contributed by atoms with Crippen LogP contribution in [0.15, 0.2) is 30.3 Å². The monoisotopic (exact) mass is 382 g/mol. The van der Waals surface area contributed by atoms with Gasteiger partial charge in [-0.2, -0.15) is 0 Å². The lowest BCUT2D eigenvalue weighted by Crippen LogP contribution is -2.37. The molecule has 0 saturated carbocycles. The van der Waals surface area contributed by atoms with Crippen LogP contribution >= 0.6 is 0 Å². The first-order chi connectivity index (χ1) is 13.3. The van der Waals surface area contributed by atoms with Crippen LogP contribution in [0.3, 0.4) is 0 Å². The fraction of sp³-hybridized carbons (Fsp3) is 0.500. The maximum atomic E-state index is 13.3. The summed E-state index contributed by atoms with van der Waals surface area (Å²) in [5.41, 5.74) is 2.10. The number of hydrogen-bond donors (Lipinski definition) is 2. The lowest BCUT2D eigenvalue weighted by molar-refractivity contribution is -0.127. The summed E-state index contributed by atoms with van der Waals surface area (Å²) in [5, 5.41) is 6.09. The highest BCUT2D eigenvalue weighted by atomic mass is 16.2. The Hall–Kier alpha value is -2.47. The molecule has 1 aromatic heterocycles. The van der Waals surface area contributed by atoms with E-state index in [0.717, 1.165) is 36.6 Å². The van der Waals surface area contributed by atoms with Gasteiger partial charge in [0.15, 0.2) is 5.78 Å². The minimum absolute atomic E-state index is 0.0712. The molecule has 6 heteroatoms. The van der Waals surface area contributed by atoms with Gasteiger partial charge in [-0.15, -0.1) is 0 Å². The number of fused-ring (bicyclic) bond motifs is 1. The molecular weight excluding hydrogens is 352 g/mol. The molecule has 0 aliphatic carbocycles. The standard InChI is InChI=1S/C22H30N4O2/c1-22(2,3)16(21(28)23-4)13-18(27)19-17-14-24-11-8-12-26(17)20(25-19)15-9-6-5-7-10-15/h5-7,9-10,16,24H,8,11-14H2,1-4H3,(H,23,28)/t16-/m1/s1. The maximum absolute atomic E-state index is 13.3. The van der Waals surface area contributed by atoms with Crippen LogP contribution in [-0.4, -0.2) is 34.8 Å². The molecule has 1 aromatic carbocycles. The van der Waals surface area contributed by atoms with E-state index in [1.165, 1.54) is 0 Å². The summed E-state index contributed by atoms with van der Waals surface area (Å²) in [6.45, 7) is 8.32. The summed E-state index contributed by atoms with van der Waals surface area (Å²) in [7, 11) is 1.62. The molecule has 1 aliphatic rings. The van der Waals surface area contributed by atoms with Crippen molar-refractivity contribution in [3.63, 3.8) is 0 Å². The Morgan fingerprint density at radius 1 is 1.25 bits per heavy atom. The third-order valence-electron chi connectivity index (χ3n) is 5.39. The van der Waals surface area contributed by atoms with E-state index in [1.54, 1.807) is 7.05 Å². The molecule has 2 heterocycles. The van der Waals surface area contributed by atoms with Crippen molar-refractivity contribution in [1.29, 1.82) is 0 Å². The average Bonchev–Trinajstić information content (AvgIpc) is 2.86. The molecule has 1 atom stereocenters. The zero-order valence-corrected chi connectivity index (χ0v) is 17.2. The van der Waals surface area contributed by atoms with E-state index >= 15 is 0 Å². The Morgan fingerprint density at radius 3 is 2.61 bits per heavy atom. The number of imidazole rings is 1. The van der Waals surface area contributed by atoms with Crippen LogP contribution in [0.5, 0.6) is 0 Å². The Labute approximate surface area is 166 Å². The van der Waals surface area contributed by atoms with Crippen molar-refractivity contribution >= 4 is 11.7 Å². The van der Waals surface area contributed by atoms with Crippen molar-refractivity contribution < 1.29 is 9.59 Å². The summed E-state index contributed by atoms with van der Waals surface area (Å²) in [6.07, 6.45) is 1.14. The topological polar surface area (TPSA) is 76.0 Å². The van der Waals surface area contributed by atoms with E-state index in [4.69, 9.17) is 4.98 Å². The van der Waals surface area contributed by atoms with E-state index in [9.17, 15) is 9.59 Å². The zero-order chi connectivity index (χ0) is 20.3. The largest absolute Gasteiger partial charge is 0.359 e. The van der Waals surface area contributed by atoms with Crippen molar-refractivity contribution in [2.45, 2.75) is 46.7 Å². The molecule has 6 nitrogen and oxygen atoms in total. The molecule has 0 saturated heterocycles. The second-order valence-electron chi connectivity index (χ2n) is 8.44. The molecular formula is C22H30N4O2. The normalized spacial score (nSPS) is 15.4. The third kappa shape index (κ3) is 4.17. The summed E-state index contributed by atoms with van der Waals surface area (Å²) < 4.78 is 2.16. The second kappa shape index (κ2) is 8.27. The summed E-state index contributed by atoms with van der Waals surface area (Å²) in [6, 6.07) is 9.97. The van der Waals surface area contributed by atoms with Crippen LogP contribution in [0.1, 0.15) is 49.8 Å². The van der Waals surface area contributed by atoms with Gasteiger partial charge in [0.1, 0.15) is 11.5 Å². The van der Waals surface area contributed by atoms with Gasteiger partial charge < -0.3 is 15.2 Å². The predicted molar refractivity (Wildman–Crippen MR) is 110 cm³/mol. The number of aromatic nitrogens is 2. The molecule has 28 heavy (non-hydrogen) atoms. The molecule has 2 aromatic rings. The first-order valence-electron chi connectivity index (χ1n) is 9.93. The molecule has 1 aliphatic heterocycles. The summed E-state index contributed by atoms with van der Waals surface area (Å²) in [5.74, 6) is 0.252. The minimum atomic E-state index is -0.402. The van der Waals surface area contributed by atoms with Gasteiger partial charge in [-0.3, -0.25) is 9.59 Å². The predicted octanol–water partition coefficient (Wildman–Crippen LogP) is 3.02. The number of benzene rings is 1. The van der Waals surface area contributed by atoms with Gasteiger partial charge in [0.2, 0.25) is 5.91 Å². The number of carbonyl (C=O) groups excluding carboxylic acids is 2. The third-order valence-corrected chi connectivity index (χ3v) is 5.39. The van der Waals surface area contributed by atoms with Gasteiger partial charge in [-0.25, -0.2) is 4.98 Å². The van der Waals surface area contributed by atoms with Crippen molar-refractivity contribution in [2.24, 2.45) is 11.3 Å². The average molecular weight is 383 g/mol. The van der Waals surface area contributed by atoms with Gasteiger partial charge in [-0.05, 0) is 18.4 Å². The van der Waals surface area contributed by atoms with Crippen molar-refractivity contribution in [3.8, 4) is 11.4 Å². The molecule has 0 spiro atoms. The Balaban J connectivity index is 2.00. The van der Waals surface area contributed by atoms with E-state index in [0.29, 0.717) is 12.2 Å². The number of amides is 1. The summed E-state index contributed by atoms with van der Waals surface area (Å²) >= 11 is 0. The van der Waals surface area contributed by atoms with E-state index < -0.39 is 5.92 Å². The van der Waals surface area contributed by atoms with E-state index in [1.807, 2.05) is 51.1 Å². The number of rotatable bonds is 5. The molecule has 0 radical (unpaired) electrons. The number of nitrogens with one attached hydrogen (secondary N) is 2. The first-order valence-corrected chi connectivity index (χ1v) is 9.93. The van der Waals surface area contributed by atoms with Crippen LogP contribution in [0.25, 0.3) is 11.4 Å². The maximum Gasteiger partial charge on any atom is 0.223 e. The SMILES string of the molecule is CNC(=O)[C@@H](CC(=O)c1nc(-c2ccccc2)n2c1CNCCC2)C(C)(C)C. The molecule has 150 valence electrons. The fourth-order valence-corrected chi connectivity index (χ4v) is 3.75. The van der Waals surface area contributed by atoms with Crippen LogP contribution in [0, 0.1) is 11.3 Å². The van der Waals surface area contributed by atoms with Gasteiger partial charge in [-0.1, -0.05) is 51.1 Å². The number of carbonyl (C=O) groups is 2. The molecule has 1 amide bonds. The van der Waals surface area contributed by atoms with E-state index in [-0.39, 0.29) is 23.5 Å². The van der Waals surface area contributed by atoms with Gasteiger partial charge >= 0.3 is 0 Å². The van der Waals surface area contributed by atoms with Crippen molar-refractivity contribution in [3.05, 3.63) is 41.7 Å². The van der Waals surface area contributed by atoms with Crippen LogP contribution < -0.4 is 10.6 Å². The fourth-order valence-electron chi connectivity index (χ4n) is 3.75. The first kappa shape index (κ1) is 20.3. The Bertz CT molecular complexity index is 849. The molecule has 0 fully saturated rings. The van der Waals surface area contributed by atoms with Crippen LogP contribution in [0.2, 0.25) is 0 Å². The highest BCUT2D eigenvalue weighted by molar-refractivity contribution is 5.98. The minimum Gasteiger partial charge on any atom is -0.359 e. The highest BCUT2D eigenvalue weighted by Gasteiger charge is 2.34. The van der Waals surface area contributed by atoms with Gasteiger partial charge in [0.25, 0.3) is 0 Å². The van der Waals surface area contributed by atoms with Crippen molar-refractivity contribution in [1.82, 2.24) is 20.2 Å². The van der Waals surface area contributed by atoms with Gasteiger partial charge in [0.05, 0.1) is 11.6 Å². The molecule has 0 bridgehead atoms. The Morgan fingerprint density at radius 2 is 1.96 bits per heavy atom. The highest BCUT2D eigenvalue weighted by Crippen LogP contribution is 2.32. The lowest BCUT2D eigenvalue weighted by Gasteiger charge is -2.28. The number of Topliss-reactive ketones (excluding diaryl/α,β-unsaturated/α-hetero) is 1.